The Morgan fingerprint density at radius 2 is 1.79 bits per heavy atom. The normalized spacial score (nSPS) is 9.92. The molecule has 7 heteroatoms. The highest BCUT2D eigenvalue weighted by atomic mass is 16.5. The predicted molar refractivity (Wildman–Crippen MR) is 85.2 cm³/mol. The first-order valence-electron chi connectivity index (χ1n) is 6.92. The van der Waals surface area contributed by atoms with Crippen LogP contribution in [0.4, 0.5) is 5.69 Å². The number of anilines is 1. The third-order valence-electron chi connectivity index (χ3n) is 3.02. The van der Waals surface area contributed by atoms with Crippen LogP contribution in [0.1, 0.15) is 27.6 Å². The van der Waals surface area contributed by atoms with Gasteiger partial charge < -0.3 is 19.9 Å². The molecule has 124 valence electrons. The van der Waals surface area contributed by atoms with E-state index >= 15 is 0 Å². The lowest BCUT2D eigenvalue weighted by atomic mass is 10.1. The summed E-state index contributed by atoms with van der Waals surface area (Å²) in [5, 5.41) is 12.4. The molecule has 0 heterocycles. The number of nitrogens with one attached hydrogen (secondary N) is 1. The third kappa shape index (κ3) is 4.10. The number of phenolic OH excluding ortho intramolecular Hbond substituents is 1. The van der Waals surface area contributed by atoms with E-state index in [4.69, 9.17) is 4.74 Å². The number of esters is 2. The van der Waals surface area contributed by atoms with E-state index in [9.17, 15) is 19.5 Å². The second-order valence-electron chi connectivity index (χ2n) is 4.80. The number of phenols is 1. The maximum Gasteiger partial charge on any atom is 0.337 e. The van der Waals surface area contributed by atoms with E-state index < -0.39 is 17.8 Å². The van der Waals surface area contributed by atoms with Crippen LogP contribution in [0, 0.1) is 0 Å². The van der Waals surface area contributed by atoms with Gasteiger partial charge in [0.15, 0.2) is 0 Å². The molecule has 0 aliphatic carbocycles. The first-order chi connectivity index (χ1) is 11.4. The Morgan fingerprint density at radius 3 is 2.42 bits per heavy atom. The first-order valence-corrected chi connectivity index (χ1v) is 6.92. The first kappa shape index (κ1) is 17.0. The van der Waals surface area contributed by atoms with E-state index in [0.29, 0.717) is 0 Å². The maximum absolute atomic E-state index is 12.2. The lowest BCUT2D eigenvalue weighted by molar-refractivity contribution is -0.131. The molecule has 0 saturated heterocycles. The molecule has 0 aliphatic heterocycles. The highest BCUT2D eigenvalue weighted by molar-refractivity contribution is 6.05. The van der Waals surface area contributed by atoms with Gasteiger partial charge in [-0.25, -0.2) is 4.79 Å². The number of hydrogen-bond acceptors (Lipinski definition) is 6. The number of carbonyl (C=O) groups is 3. The van der Waals surface area contributed by atoms with Crippen LogP contribution in [0.3, 0.4) is 0 Å². The zero-order chi connectivity index (χ0) is 17.7. The molecule has 0 radical (unpaired) electrons. The summed E-state index contributed by atoms with van der Waals surface area (Å²) < 4.78 is 9.46. The molecule has 0 saturated carbocycles. The van der Waals surface area contributed by atoms with Crippen molar-refractivity contribution in [3.8, 4) is 11.5 Å². The smallest absolute Gasteiger partial charge is 0.337 e. The fourth-order valence-electron chi connectivity index (χ4n) is 1.94. The molecule has 0 unspecified atom stereocenters. The summed E-state index contributed by atoms with van der Waals surface area (Å²) in [7, 11) is 1.23. The highest BCUT2D eigenvalue weighted by Gasteiger charge is 2.13. The van der Waals surface area contributed by atoms with Crippen LogP contribution in [0.2, 0.25) is 0 Å². The number of ether oxygens (including phenoxy) is 2. The quantitative estimate of drug-likeness (QED) is 0.507. The van der Waals surface area contributed by atoms with Gasteiger partial charge in [0.25, 0.3) is 5.91 Å². The second kappa shape index (κ2) is 7.28. The van der Waals surface area contributed by atoms with Crippen molar-refractivity contribution >= 4 is 23.5 Å². The van der Waals surface area contributed by atoms with Crippen LogP contribution in [-0.2, 0) is 9.53 Å². The summed E-state index contributed by atoms with van der Waals surface area (Å²) in [4.78, 5) is 34.6. The molecule has 0 aromatic heterocycles. The van der Waals surface area contributed by atoms with Crippen LogP contribution in [0.15, 0.2) is 42.5 Å². The Bertz CT molecular complexity index is 799. The van der Waals surface area contributed by atoms with Gasteiger partial charge in [0.1, 0.15) is 11.5 Å². The number of rotatable bonds is 4. The van der Waals surface area contributed by atoms with Crippen molar-refractivity contribution in [3.63, 3.8) is 0 Å². The van der Waals surface area contributed by atoms with Gasteiger partial charge in [-0.05, 0) is 36.4 Å². The predicted octanol–water partition coefficient (Wildman–Crippen LogP) is 2.36. The number of aromatic hydroxyl groups is 1. The minimum absolute atomic E-state index is 0.130. The molecule has 7 nitrogen and oxygen atoms in total. The van der Waals surface area contributed by atoms with Crippen LogP contribution in [0.5, 0.6) is 11.5 Å². The summed E-state index contributed by atoms with van der Waals surface area (Å²) in [5.74, 6) is -1.64. The number of carbonyl (C=O) groups excluding carboxylic acids is 3. The fourth-order valence-corrected chi connectivity index (χ4v) is 1.94. The van der Waals surface area contributed by atoms with Crippen molar-refractivity contribution in [1.82, 2.24) is 0 Å². The molecule has 2 aromatic carbocycles. The fraction of sp³-hybridized carbons (Fsp3) is 0.118. The van der Waals surface area contributed by atoms with Gasteiger partial charge in [-0.3, -0.25) is 9.59 Å². The van der Waals surface area contributed by atoms with E-state index in [1.54, 1.807) is 12.1 Å². The van der Waals surface area contributed by atoms with Gasteiger partial charge in [-0.15, -0.1) is 0 Å². The van der Waals surface area contributed by atoms with Crippen LogP contribution < -0.4 is 10.1 Å². The molecule has 2 aromatic rings. The molecular formula is C17H15NO6. The Labute approximate surface area is 137 Å². The summed E-state index contributed by atoms with van der Waals surface area (Å²) in [6.45, 7) is 1.26. The Hall–Kier alpha value is -3.35. The highest BCUT2D eigenvalue weighted by Crippen LogP contribution is 2.25. The summed E-state index contributed by atoms with van der Waals surface area (Å²) in [6.07, 6.45) is 0. The minimum atomic E-state index is -0.600. The van der Waals surface area contributed by atoms with Gasteiger partial charge >= 0.3 is 11.9 Å². The van der Waals surface area contributed by atoms with Gasteiger partial charge in [0, 0.05) is 12.5 Å². The minimum Gasteiger partial charge on any atom is -0.506 e. The lowest BCUT2D eigenvalue weighted by Crippen LogP contribution is -2.13. The standard InChI is InChI=1S/C17H15NO6/c1-10(19)24-13-5-3-4-11(8-13)16(21)18-14-7-6-12(9-15(14)20)17(22)23-2/h3-9,20H,1-2H3,(H,18,21). The van der Waals surface area contributed by atoms with E-state index in [0.717, 1.165) is 0 Å². The monoisotopic (exact) mass is 329 g/mol. The average Bonchev–Trinajstić information content (AvgIpc) is 2.55. The number of benzene rings is 2. The molecule has 24 heavy (non-hydrogen) atoms. The topological polar surface area (TPSA) is 102 Å². The van der Waals surface area contributed by atoms with Crippen LogP contribution >= 0.6 is 0 Å². The van der Waals surface area contributed by atoms with Gasteiger partial charge in [-0.2, -0.15) is 0 Å². The molecule has 2 N–H and O–H groups in total. The van der Waals surface area contributed by atoms with Crippen molar-refractivity contribution in [1.29, 1.82) is 0 Å². The van der Waals surface area contributed by atoms with Crippen LogP contribution in [0.25, 0.3) is 0 Å². The van der Waals surface area contributed by atoms with Gasteiger partial charge in [0.05, 0.1) is 18.4 Å². The third-order valence-corrected chi connectivity index (χ3v) is 3.02. The average molecular weight is 329 g/mol. The summed E-state index contributed by atoms with van der Waals surface area (Å²) >= 11 is 0. The van der Waals surface area contributed by atoms with E-state index in [1.807, 2.05) is 0 Å². The SMILES string of the molecule is COC(=O)c1ccc(NC(=O)c2cccc(OC(C)=O)c2)c(O)c1. The number of methoxy groups -OCH3 is 1. The molecule has 2 rings (SSSR count). The Morgan fingerprint density at radius 1 is 1.04 bits per heavy atom. The Balaban J connectivity index is 2.18. The van der Waals surface area contributed by atoms with Crippen molar-refractivity contribution in [2.75, 3.05) is 12.4 Å². The second-order valence-corrected chi connectivity index (χ2v) is 4.80. The van der Waals surface area contributed by atoms with Gasteiger partial charge in [0.2, 0.25) is 0 Å². The van der Waals surface area contributed by atoms with E-state index in [-0.39, 0.29) is 28.3 Å². The van der Waals surface area contributed by atoms with Gasteiger partial charge in [-0.1, -0.05) is 6.07 Å². The molecule has 0 atom stereocenters. The summed E-state index contributed by atoms with van der Waals surface area (Å²) in [5.41, 5.74) is 0.528. The molecule has 0 spiro atoms. The molecular weight excluding hydrogens is 314 g/mol. The zero-order valence-corrected chi connectivity index (χ0v) is 13.0. The van der Waals surface area contributed by atoms with E-state index in [2.05, 4.69) is 10.1 Å². The maximum atomic E-state index is 12.2. The van der Waals surface area contributed by atoms with Crippen molar-refractivity contribution in [3.05, 3.63) is 53.6 Å². The Kier molecular flexibility index (Phi) is 5.16. The molecule has 0 bridgehead atoms. The largest absolute Gasteiger partial charge is 0.506 e. The number of amides is 1. The molecule has 0 fully saturated rings. The van der Waals surface area contributed by atoms with E-state index in [1.165, 1.54) is 44.4 Å². The number of hydrogen-bond donors (Lipinski definition) is 2. The van der Waals surface area contributed by atoms with Crippen molar-refractivity contribution in [2.45, 2.75) is 6.92 Å². The van der Waals surface area contributed by atoms with Crippen molar-refractivity contribution < 1.29 is 29.0 Å². The summed E-state index contributed by atoms with van der Waals surface area (Å²) in [6, 6.07) is 10.0. The van der Waals surface area contributed by atoms with Crippen molar-refractivity contribution in [2.24, 2.45) is 0 Å². The molecule has 1 amide bonds. The lowest BCUT2D eigenvalue weighted by Gasteiger charge is -2.09. The van der Waals surface area contributed by atoms with Crippen LogP contribution in [-0.4, -0.2) is 30.1 Å². The molecule has 0 aliphatic rings. The zero-order valence-electron chi connectivity index (χ0n) is 13.0.